The molecule has 1 amide bonds. The maximum Gasteiger partial charge on any atom is 0.416 e. The number of methoxy groups -OCH3 is 1. The monoisotopic (exact) mass is 499 g/mol. The molecule has 184 valence electrons. The lowest BCUT2D eigenvalue weighted by molar-refractivity contribution is -0.137. The van der Waals surface area contributed by atoms with Gasteiger partial charge in [-0.05, 0) is 30.3 Å². The van der Waals surface area contributed by atoms with Gasteiger partial charge in [0.15, 0.2) is 0 Å². The molecule has 0 bridgehead atoms. The van der Waals surface area contributed by atoms with Gasteiger partial charge >= 0.3 is 6.18 Å². The summed E-state index contributed by atoms with van der Waals surface area (Å²) in [5.41, 5.74) is 6.47. The summed E-state index contributed by atoms with van der Waals surface area (Å²) in [6.45, 7) is 0.229. The number of rotatable bonds is 5. The van der Waals surface area contributed by atoms with Crippen molar-refractivity contribution in [2.24, 2.45) is 0 Å². The molecule has 4 heterocycles. The number of amides is 1. The molecule has 0 radical (unpaired) electrons. The Morgan fingerprint density at radius 3 is 2.69 bits per heavy atom. The fraction of sp³-hybridized carbons (Fsp3) is 0.130. The normalized spacial score (nSPS) is 11.9. The van der Waals surface area contributed by atoms with E-state index in [1.54, 1.807) is 42.2 Å². The number of nitrogen functional groups attached to an aromatic ring is 1. The van der Waals surface area contributed by atoms with Crippen molar-refractivity contribution in [3.63, 3.8) is 0 Å². The number of fused-ring (bicyclic) bond motifs is 2. The van der Waals surface area contributed by atoms with Gasteiger partial charge in [0.25, 0.3) is 5.91 Å². The first kappa shape index (κ1) is 23.2. The quantitative estimate of drug-likeness (QED) is 0.351. The van der Waals surface area contributed by atoms with Crippen molar-refractivity contribution in [3.8, 4) is 11.3 Å². The molecule has 5 rings (SSSR count). The third-order valence-corrected chi connectivity index (χ3v) is 5.49. The number of hydrogen-bond acceptors (Lipinski definition) is 6. The highest BCUT2D eigenvalue weighted by molar-refractivity contribution is 6.03. The summed E-state index contributed by atoms with van der Waals surface area (Å²) in [5, 5.41) is 2.18. The van der Waals surface area contributed by atoms with Gasteiger partial charge < -0.3 is 15.8 Å². The molecule has 13 heteroatoms. The first-order valence-corrected chi connectivity index (χ1v) is 10.4. The Balaban J connectivity index is 1.51. The molecular formula is C23H17F4N7O2. The van der Waals surface area contributed by atoms with Crippen LogP contribution in [-0.2, 0) is 17.5 Å². The molecule has 3 N–H and O–H groups in total. The van der Waals surface area contributed by atoms with Crippen LogP contribution in [0.15, 0.2) is 55.1 Å². The standard InChI is InChI=1S/C23H17F4N7O2/c1-36-11-18-32-19(20-21(28)29-5-7-34(18)20)12-4-6-33-16(10-30-17(33)8-12)22(35)31-15-9-13(23(25,26)27)2-3-14(15)24/h2-10H,11H2,1H3,(H2,28,29)(H,31,35). The molecule has 0 aliphatic rings. The second kappa shape index (κ2) is 8.61. The zero-order valence-corrected chi connectivity index (χ0v) is 18.5. The van der Waals surface area contributed by atoms with Gasteiger partial charge in [-0.15, -0.1) is 0 Å². The summed E-state index contributed by atoms with van der Waals surface area (Å²) in [4.78, 5) is 25.7. The smallest absolute Gasteiger partial charge is 0.382 e. The van der Waals surface area contributed by atoms with E-state index in [9.17, 15) is 22.4 Å². The molecule has 0 saturated carbocycles. The van der Waals surface area contributed by atoms with Crippen molar-refractivity contribution in [2.45, 2.75) is 12.8 Å². The Morgan fingerprint density at radius 1 is 1.14 bits per heavy atom. The second-order valence-corrected chi connectivity index (χ2v) is 7.77. The number of anilines is 2. The van der Waals surface area contributed by atoms with Gasteiger partial charge in [0, 0.05) is 31.3 Å². The molecular weight excluding hydrogens is 482 g/mol. The fourth-order valence-electron chi connectivity index (χ4n) is 3.84. The Bertz CT molecular complexity index is 1620. The molecule has 0 unspecified atom stereocenters. The summed E-state index contributed by atoms with van der Waals surface area (Å²) in [7, 11) is 1.54. The van der Waals surface area contributed by atoms with Crippen LogP contribution >= 0.6 is 0 Å². The zero-order valence-electron chi connectivity index (χ0n) is 18.5. The Morgan fingerprint density at radius 2 is 1.94 bits per heavy atom. The van der Waals surface area contributed by atoms with Gasteiger partial charge in [0.1, 0.15) is 46.6 Å². The van der Waals surface area contributed by atoms with Crippen molar-refractivity contribution in [1.82, 2.24) is 23.8 Å². The highest BCUT2D eigenvalue weighted by atomic mass is 19.4. The van der Waals surface area contributed by atoms with Crippen LogP contribution in [0.3, 0.4) is 0 Å². The maximum absolute atomic E-state index is 14.1. The molecule has 0 aliphatic carbocycles. The molecule has 1 aromatic carbocycles. The number of benzene rings is 1. The van der Waals surface area contributed by atoms with Crippen LogP contribution in [0.4, 0.5) is 29.1 Å². The van der Waals surface area contributed by atoms with Gasteiger partial charge in [-0.25, -0.2) is 19.3 Å². The lowest BCUT2D eigenvalue weighted by atomic mass is 10.1. The molecule has 0 spiro atoms. The highest BCUT2D eigenvalue weighted by Gasteiger charge is 2.31. The molecule has 5 aromatic rings. The number of hydrogen-bond donors (Lipinski definition) is 2. The third kappa shape index (κ3) is 3.98. The van der Waals surface area contributed by atoms with Crippen LogP contribution in [0.25, 0.3) is 22.4 Å². The number of nitrogens with zero attached hydrogens (tertiary/aromatic N) is 5. The van der Waals surface area contributed by atoms with Gasteiger partial charge in [-0.2, -0.15) is 13.2 Å². The van der Waals surface area contributed by atoms with Crippen LogP contribution in [0, 0.1) is 5.82 Å². The van der Waals surface area contributed by atoms with E-state index in [0.717, 1.165) is 0 Å². The van der Waals surface area contributed by atoms with Gasteiger partial charge in [0.2, 0.25) is 0 Å². The highest BCUT2D eigenvalue weighted by Crippen LogP contribution is 2.32. The van der Waals surface area contributed by atoms with Crippen LogP contribution < -0.4 is 11.1 Å². The number of carbonyl (C=O) groups excluding carboxylic acids is 1. The third-order valence-electron chi connectivity index (χ3n) is 5.49. The Hall–Kier alpha value is -4.52. The number of nitrogens with two attached hydrogens (primary N) is 1. The molecule has 0 saturated heterocycles. The second-order valence-electron chi connectivity index (χ2n) is 7.77. The summed E-state index contributed by atoms with van der Waals surface area (Å²) in [6, 6.07) is 5.11. The number of ether oxygens (including phenoxy) is 1. The van der Waals surface area contributed by atoms with E-state index in [0.29, 0.717) is 46.4 Å². The van der Waals surface area contributed by atoms with Crippen LogP contribution in [0.2, 0.25) is 0 Å². The number of carbonyl (C=O) groups is 1. The largest absolute Gasteiger partial charge is 0.416 e. The Labute approximate surface area is 200 Å². The van der Waals surface area contributed by atoms with Crippen molar-refractivity contribution >= 4 is 28.6 Å². The number of nitrogens with one attached hydrogen (secondary N) is 1. The van der Waals surface area contributed by atoms with E-state index in [4.69, 9.17) is 10.5 Å². The lowest BCUT2D eigenvalue weighted by Crippen LogP contribution is -2.16. The number of halogens is 4. The first-order valence-electron chi connectivity index (χ1n) is 10.4. The summed E-state index contributed by atoms with van der Waals surface area (Å²) in [6.07, 6.45) is 1.34. The zero-order chi connectivity index (χ0) is 25.6. The average molecular weight is 499 g/mol. The lowest BCUT2D eigenvalue weighted by Gasteiger charge is -2.11. The van der Waals surface area contributed by atoms with Crippen LogP contribution in [-0.4, -0.2) is 36.8 Å². The SMILES string of the molecule is COCc1nc(-c2ccn3c(C(=O)Nc4cc(C(F)(F)F)ccc4F)cnc3c2)c2c(N)nccn12. The fourth-order valence-corrected chi connectivity index (χ4v) is 3.84. The van der Waals surface area contributed by atoms with Crippen molar-refractivity contribution in [1.29, 1.82) is 0 Å². The molecule has 0 aliphatic heterocycles. The molecule has 0 atom stereocenters. The van der Waals surface area contributed by atoms with Crippen molar-refractivity contribution in [3.05, 3.63) is 78.0 Å². The van der Waals surface area contributed by atoms with E-state index >= 15 is 0 Å². The van der Waals surface area contributed by atoms with Gasteiger partial charge in [-0.3, -0.25) is 13.6 Å². The topological polar surface area (TPSA) is 112 Å². The number of pyridine rings is 1. The van der Waals surface area contributed by atoms with Crippen LogP contribution in [0.1, 0.15) is 21.9 Å². The first-order chi connectivity index (χ1) is 17.2. The Kier molecular flexibility index (Phi) is 5.55. The average Bonchev–Trinajstić information content (AvgIpc) is 3.42. The van der Waals surface area contributed by atoms with E-state index < -0.39 is 29.2 Å². The van der Waals surface area contributed by atoms with Crippen molar-refractivity contribution in [2.75, 3.05) is 18.2 Å². The minimum atomic E-state index is -4.69. The van der Waals surface area contributed by atoms with E-state index in [1.165, 1.54) is 10.6 Å². The summed E-state index contributed by atoms with van der Waals surface area (Å²) >= 11 is 0. The minimum Gasteiger partial charge on any atom is -0.382 e. The number of alkyl halides is 3. The van der Waals surface area contributed by atoms with E-state index in [1.807, 2.05) is 0 Å². The number of aromatic nitrogens is 5. The maximum atomic E-state index is 14.1. The predicted octanol–water partition coefficient (Wildman–Crippen LogP) is 4.18. The molecule has 36 heavy (non-hydrogen) atoms. The molecule has 9 nitrogen and oxygen atoms in total. The van der Waals surface area contributed by atoms with Gasteiger partial charge in [-0.1, -0.05) is 0 Å². The van der Waals surface area contributed by atoms with Crippen LogP contribution in [0.5, 0.6) is 0 Å². The predicted molar refractivity (Wildman–Crippen MR) is 122 cm³/mol. The molecule has 4 aromatic heterocycles. The molecule has 0 fully saturated rings. The van der Waals surface area contributed by atoms with Gasteiger partial charge in [0.05, 0.1) is 17.4 Å². The van der Waals surface area contributed by atoms with E-state index in [-0.39, 0.29) is 18.1 Å². The van der Waals surface area contributed by atoms with Crippen molar-refractivity contribution < 1.29 is 27.1 Å². The summed E-state index contributed by atoms with van der Waals surface area (Å²) in [5.74, 6) is -0.981. The minimum absolute atomic E-state index is 0.00990. The summed E-state index contributed by atoms with van der Waals surface area (Å²) < 4.78 is 61.5. The van der Waals surface area contributed by atoms with E-state index in [2.05, 4.69) is 20.3 Å². The number of imidazole rings is 2.